The number of benzene rings is 1. The van der Waals surface area contributed by atoms with Crippen LogP contribution in [0.3, 0.4) is 0 Å². The molecule has 1 N–H and O–H groups in total. The van der Waals surface area contributed by atoms with E-state index in [-0.39, 0.29) is 11.8 Å². The van der Waals surface area contributed by atoms with Gasteiger partial charge in [-0.3, -0.25) is 0 Å². The monoisotopic (exact) mass is 420 g/mol. The van der Waals surface area contributed by atoms with Crippen molar-refractivity contribution >= 4 is 10.0 Å². The third kappa shape index (κ3) is 5.33. The molecule has 162 valence electrons. The van der Waals surface area contributed by atoms with E-state index >= 15 is 0 Å². The van der Waals surface area contributed by atoms with Crippen molar-refractivity contribution in [1.29, 1.82) is 0 Å². The fourth-order valence-corrected chi connectivity index (χ4v) is 6.28. The van der Waals surface area contributed by atoms with Gasteiger partial charge in [0.2, 0.25) is 10.0 Å². The summed E-state index contributed by atoms with van der Waals surface area (Å²) in [5, 5.41) is 0. The average molecular weight is 421 g/mol. The smallest absolute Gasteiger partial charge is 0.211 e. The molecule has 3 aliphatic rings. The van der Waals surface area contributed by atoms with Gasteiger partial charge in [-0.25, -0.2) is 13.1 Å². The standard InChI is InChI=1S/C23H36N2O3S/c1-2-29(26,27)24-20-8-6-18(7-9-20)10-14-25-15-11-19(12-16-25)21-4-3-5-23-22(21)13-17-28-23/h3-5,18-20,24H,2,6-17H2,1H3/t18-,20-. The molecule has 0 amide bonds. The van der Waals surface area contributed by atoms with Crippen LogP contribution in [0.25, 0.3) is 0 Å². The second kappa shape index (κ2) is 9.36. The van der Waals surface area contributed by atoms with Gasteiger partial charge in [-0.15, -0.1) is 0 Å². The molecule has 1 saturated carbocycles. The number of hydrogen-bond acceptors (Lipinski definition) is 4. The predicted octanol–water partition coefficient (Wildman–Crippen LogP) is 3.69. The van der Waals surface area contributed by atoms with Crippen molar-refractivity contribution in [3.8, 4) is 5.75 Å². The Morgan fingerprint density at radius 1 is 1.10 bits per heavy atom. The number of fused-ring (bicyclic) bond motifs is 1. The zero-order valence-corrected chi connectivity index (χ0v) is 18.6. The van der Waals surface area contributed by atoms with E-state index in [2.05, 4.69) is 27.8 Å². The van der Waals surface area contributed by atoms with Crippen molar-refractivity contribution in [2.24, 2.45) is 5.92 Å². The summed E-state index contributed by atoms with van der Waals surface area (Å²) in [5.41, 5.74) is 2.99. The highest BCUT2D eigenvalue weighted by Crippen LogP contribution is 2.37. The zero-order valence-electron chi connectivity index (χ0n) is 17.7. The van der Waals surface area contributed by atoms with E-state index in [0.29, 0.717) is 5.92 Å². The van der Waals surface area contributed by atoms with Crippen molar-refractivity contribution in [2.75, 3.05) is 32.0 Å². The Kier molecular flexibility index (Phi) is 6.82. The van der Waals surface area contributed by atoms with Gasteiger partial charge in [-0.05, 0) is 95.0 Å². The molecule has 0 unspecified atom stereocenters. The van der Waals surface area contributed by atoms with Crippen molar-refractivity contribution in [3.63, 3.8) is 0 Å². The summed E-state index contributed by atoms with van der Waals surface area (Å²) in [6.07, 6.45) is 9.13. The molecule has 6 heteroatoms. The summed E-state index contributed by atoms with van der Waals surface area (Å²) >= 11 is 0. The maximum atomic E-state index is 11.7. The third-order valence-corrected chi connectivity index (χ3v) is 8.69. The first-order valence-corrected chi connectivity index (χ1v) is 13.2. The van der Waals surface area contributed by atoms with E-state index in [1.807, 2.05) is 0 Å². The lowest BCUT2D eigenvalue weighted by Crippen LogP contribution is -2.39. The molecule has 2 aliphatic heterocycles. The Bertz CT molecular complexity index is 779. The van der Waals surface area contributed by atoms with Crippen molar-refractivity contribution < 1.29 is 13.2 Å². The first-order valence-electron chi connectivity index (χ1n) is 11.5. The molecule has 0 aromatic heterocycles. The maximum absolute atomic E-state index is 11.7. The SMILES string of the molecule is CCS(=O)(=O)N[C@H]1CC[C@H](CCN2CCC(c3cccc4c3CCO4)CC2)CC1. The number of piperidine rings is 1. The molecular weight excluding hydrogens is 384 g/mol. The minimum absolute atomic E-state index is 0.156. The summed E-state index contributed by atoms with van der Waals surface area (Å²) in [6, 6.07) is 6.74. The highest BCUT2D eigenvalue weighted by Gasteiger charge is 2.27. The summed E-state index contributed by atoms with van der Waals surface area (Å²) in [5.74, 6) is 2.73. The highest BCUT2D eigenvalue weighted by molar-refractivity contribution is 7.89. The lowest BCUT2D eigenvalue weighted by molar-refractivity contribution is 0.185. The topological polar surface area (TPSA) is 58.6 Å². The molecule has 2 fully saturated rings. The number of rotatable bonds is 7. The Morgan fingerprint density at radius 3 is 2.59 bits per heavy atom. The summed E-state index contributed by atoms with van der Waals surface area (Å²) in [6.45, 7) is 6.13. The normalized spacial score (nSPS) is 26.2. The fraction of sp³-hybridized carbons (Fsp3) is 0.739. The van der Waals surface area contributed by atoms with Crippen molar-refractivity contribution in [1.82, 2.24) is 9.62 Å². The first kappa shape index (κ1) is 21.1. The Balaban J connectivity index is 1.18. The molecule has 1 aromatic carbocycles. The van der Waals surface area contributed by atoms with Gasteiger partial charge in [0.05, 0.1) is 12.4 Å². The lowest BCUT2D eigenvalue weighted by Gasteiger charge is -2.35. The summed E-state index contributed by atoms with van der Waals surface area (Å²) in [7, 11) is -3.06. The number of hydrogen-bond donors (Lipinski definition) is 1. The van der Waals surface area contributed by atoms with Crippen LogP contribution in [0.1, 0.15) is 68.9 Å². The van der Waals surface area contributed by atoms with Gasteiger partial charge in [0.15, 0.2) is 0 Å². The minimum atomic E-state index is -3.06. The van der Waals surface area contributed by atoms with E-state index in [0.717, 1.165) is 50.4 Å². The van der Waals surface area contributed by atoms with E-state index in [1.54, 1.807) is 6.92 Å². The molecule has 0 spiro atoms. The predicted molar refractivity (Wildman–Crippen MR) is 117 cm³/mol. The number of nitrogens with one attached hydrogen (secondary N) is 1. The molecule has 29 heavy (non-hydrogen) atoms. The van der Waals surface area contributed by atoms with Gasteiger partial charge in [0.25, 0.3) is 0 Å². The van der Waals surface area contributed by atoms with Crippen LogP contribution in [0.4, 0.5) is 0 Å². The Hall–Kier alpha value is -1.11. The van der Waals surface area contributed by atoms with Crippen LogP contribution in [0.15, 0.2) is 18.2 Å². The van der Waals surface area contributed by atoms with E-state index in [4.69, 9.17) is 4.74 Å². The molecule has 1 saturated heterocycles. The number of ether oxygens (including phenoxy) is 1. The van der Waals surface area contributed by atoms with Gasteiger partial charge in [-0.2, -0.15) is 0 Å². The van der Waals surface area contributed by atoms with Gasteiger partial charge in [-0.1, -0.05) is 12.1 Å². The van der Waals surface area contributed by atoms with Gasteiger partial charge in [0, 0.05) is 18.0 Å². The number of likely N-dealkylation sites (tertiary alicyclic amines) is 1. The molecule has 1 aromatic rings. The molecule has 0 bridgehead atoms. The quantitative estimate of drug-likeness (QED) is 0.731. The van der Waals surface area contributed by atoms with Crippen molar-refractivity contribution in [2.45, 2.75) is 70.3 Å². The second-order valence-electron chi connectivity index (χ2n) is 9.07. The molecule has 0 radical (unpaired) electrons. The average Bonchev–Trinajstić information content (AvgIpc) is 3.22. The van der Waals surface area contributed by atoms with Crippen LogP contribution in [-0.4, -0.2) is 51.4 Å². The van der Waals surface area contributed by atoms with Crippen molar-refractivity contribution in [3.05, 3.63) is 29.3 Å². The highest BCUT2D eigenvalue weighted by atomic mass is 32.2. The van der Waals surface area contributed by atoms with E-state index < -0.39 is 10.0 Å². The van der Waals surface area contributed by atoms with Crippen LogP contribution in [0.2, 0.25) is 0 Å². The molecule has 4 rings (SSSR count). The second-order valence-corrected chi connectivity index (χ2v) is 11.1. The van der Waals surface area contributed by atoms with Gasteiger partial charge < -0.3 is 9.64 Å². The molecule has 2 heterocycles. The van der Waals surface area contributed by atoms with Crippen LogP contribution in [0.5, 0.6) is 5.75 Å². The minimum Gasteiger partial charge on any atom is -0.493 e. The van der Waals surface area contributed by atoms with Crippen LogP contribution >= 0.6 is 0 Å². The zero-order chi connectivity index (χ0) is 20.3. The molecule has 0 atom stereocenters. The first-order chi connectivity index (χ1) is 14.0. The number of sulfonamides is 1. The Labute approximate surface area is 176 Å². The Morgan fingerprint density at radius 2 is 1.86 bits per heavy atom. The van der Waals surface area contributed by atoms with Gasteiger partial charge >= 0.3 is 0 Å². The van der Waals surface area contributed by atoms with Crippen LogP contribution in [0, 0.1) is 5.92 Å². The summed E-state index contributed by atoms with van der Waals surface area (Å²) < 4.78 is 32.1. The molecular formula is C23H36N2O3S. The van der Waals surface area contributed by atoms with Gasteiger partial charge in [0.1, 0.15) is 5.75 Å². The molecule has 5 nitrogen and oxygen atoms in total. The van der Waals surface area contributed by atoms with E-state index in [9.17, 15) is 8.42 Å². The fourth-order valence-electron chi connectivity index (χ4n) is 5.37. The summed E-state index contributed by atoms with van der Waals surface area (Å²) in [4.78, 5) is 2.64. The van der Waals surface area contributed by atoms with E-state index in [1.165, 1.54) is 50.0 Å². The lowest BCUT2D eigenvalue weighted by atomic mass is 9.83. The van der Waals surface area contributed by atoms with Crippen LogP contribution in [-0.2, 0) is 16.4 Å². The maximum Gasteiger partial charge on any atom is 0.211 e. The number of nitrogens with zero attached hydrogens (tertiary/aromatic N) is 1. The largest absolute Gasteiger partial charge is 0.493 e. The third-order valence-electron chi connectivity index (χ3n) is 7.23. The van der Waals surface area contributed by atoms with Crippen LogP contribution < -0.4 is 9.46 Å². The molecule has 1 aliphatic carbocycles.